The second-order valence-electron chi connectivity index (χ2n) is 4.35. The number of thioether (sulfide) groups is 1. The summed E-state index contributed by atoms with van der Waals surface area (Å²) in [6, 6.07) is 4.90. The van der Waals surface area contributed by atoms with Gasteiger partial charge in [-0.3, -0.25) is 4.98 Å². The Balaban J connectivity index is 1.96. The quantitative estimate of drug-likeness (QED) is 0.849. The first-order valence-electron chi connectivity index (χ1n) is 6.10. The zero-order valence-electron chi connectivity index (χ0n) is 9.86. The number of hydrogen-bond acceptors (Lipinski definition) is 3. The second-order valence-corrected chi connectivity index (χ2v) is 5.50. The van der Waals surface area contributed by atoms with Crippen LogP contribution in [0.4, 0.5) is 0 Å². The van der Waals surface area contributed by atoms with Crippen LogP contribution in [0.3, 0.4) is 0 Å². The van der Waals surface area contributed by atoms with E-state index in [4.69, 9.17) is 0 Å². The van der Waals surface area contributed by atoms with Gasteiger partial charge in [0.1, 0.15) is 0 Å². The Bertz CT molecular complexity index is 296. The van der Waals surface area contributed by atoms with Crippen molar-refractivity contribution in [2.75, 3.05) is 18.1 Å². The van der Waals surface area contributed by atoms with Crippen LogP contribution in [0.2, 0.25) is 0 Å². The summed E-state index contributed by atoms with van der Waals surface area (Å²) in [7, 11) is 0. The molecule has 2 rings (SSSR count). The van der Waals surface area contributed by atoms with Gasteiger partial charge in [0.2, 0.25) is 0 Å². The maximum Gasteiger partial charge on any atom is 0.0270 e. The van der Waals surface area contributed by atoms with Gasteiger partial charge in [-0.05, 0) is 54.5 Å². The third-order valence-corrected chi connectivity index (χ3v) is 4.39. The van der Waals surface area contributed by atoms with E-state index in [0.717, 1.165) is 18.9 Å². The monoisotopic (exact) mass is 236 g/mol. The van der Waals surface area contributed by atoms with Gasteiger partial charge < -0.3 is 5.32 Å². The molecule has 1 aliphatic rings. The summed E-state index contributed by atoms with van der Waals surface area (Å²) in [5.74, 6) is 3.50. The SMILES string of the molecule is CCNC(Cc1ccncc1)C1CCSC1. The zero-order valence-corrected chi connectivity index (χ0v) is 10.7. The number of rotatable bonds is 5. The summed E-state index contributed by atoms with van der Waals surface area (Å²) >= 11 is 2.09. The topological polar surface area (TPSA) is 24.9 Å². The van der Waals surface area contributed by atoms with Crippen molar-refractivity contribution in [2.45, 2.75) is 25.8 Å². The summed E-state index contributed by atoms with van der Waals surface area (Å²) in [5, 5.41) is 3.64. The number of likely N-dealkylation sites (N-methyl/N-ethyl adjacent to an activating group) is 1. The number of hydrogen-bond donors (Lipinski definition) is 1. The van der Waals surface area contributed by atoms with E-state index in [1.165, 1.54) is 23.5 Å². The highest BCUT2D eigenvalue weighted by Gasteiger charge is 2.24. The zero-order chi connectivity index (χ0) is 11.2. The van der Waals surface area contributed by atoms with Crippen LogP contribution in [-0.4, -0.2) is 29.1 Å². The average Bonchev–Trinajstić information content (AvgIpc) is 2.83. The molecular formula is C13H20N2S. The van der Waals surface area contributed by atoms with Crippen LogP contribution in [-0.2, 0) is 6.42 Å². The van der Waals surface area contributed by atoms with Gasteiger partial charge in [-0.2, -0.15) is 11.8 Å². The van der Waals surface area contributed by atoms with E-state index >= 15 is 0 Å². The first-order chi connectivity index (χ1) is 7.90. The molecular weight excluding hydrogens is 216 g/mol. The summed E-state index contributed by atoms with van der Waals surface area (Å²) in [6.45, 7) is 3.26. The van der Waals surface area contributed by atoms with Gasteiger partial charge in [0.25, 0.3) is 0 Å². The normalized spacial score (nSPS) is 22.2. The van der Waals surface area contributed by atoms with E-state index in [2.05, 4.69) is 41.1 Å². The molecule has 16 heavy (non-hydrogen) atoms. The lowest BCUT2D eigenvalue weighted by Gasteiger charge is -2.23. The molecule has 1 fully saturated rings. The minimum absolute atomic E-state index is 0.641. The summed E-state index contributed by atoms with van der Waals surface area (Å²) in [5.41, 5.74) is 1.40. The lowest BCUT2D eigenvalue weighted by atomic mass is 9.93. The Kier molecular flexibility index (Phi) is 4.67. The number of pyridine rings is 1. The van der Waals surface area contributed by atoms with Gasteiger partial charge in [-0.25, -0.2) is 0 Å². The van der Waals surface area contributed by atoms with Gasteiger partial charge in [0.15, 0.2) is 0 Å². The Labute approximate surface area is 102 Å². The molecule has 1 saturated heterocycles. The van der Waals surface area contributed by atoms with Crippen LogP contribution in [0.1, 0.15) is 18.9 Å². The summed E-state index contributed by atoms with van der Waals surface area (Å²) in [6.07, 6.45) is 6.29. The van der Waals surface area contributed by atoms with Crippen molar-refractivity contribution in [1.29, 1.82) is 0 Å². The summed E-state index contributed by atoms with van der Waals surface area (Å²) < 4.78 is 0. The van der Waals surface area contributed by atoms with Crippen molar-refractivity contribution in [3.8, 4) is 0 Å². The molecule has 0 aliphatic carbocycles. The van der Waals surface area contributed by atoms with E-state index < -0.39 is 0 Å². The van der Waals surface area contributed by atoms with Crippen LogP contribution in [0.25, 0.3) is 0 Å². The van der Waals surface area contributed by atoms with Crippen LogP contribution in [0, 0.1) is 5.92 Å². The molecule has 1 N–H and O–H groups in total. The second kappa shape index (κ2) is 6.26. The number of nitrogens with zero attached hydrogens (tertiary/aromatic N) is 1. The molecule has 2 nitrogen and oxygen atoms in total. The first kappa shape index (κ1) is 11.9. The highest BCUT2D eigenvalue weighted by atomic mass is 32.2. The van der Waals surface area contributed by atoms with Gasteiger partial charge in [0.05, 0.1) is 0 Å². The predicted octanol–water partition coefficient (Wildman–Crippen LogP) is 2.36. The molecule has 1 aromatic rings. The van der Waals surface area contributed by atoms with E-state index in [-0.39, 0.29) is 0 Å². The molecule has 1 aliphatic heterocycles. The van der Waals surface area contributed by atoms with Gasteiger partial charge >= 0.3 is 0 Å². The van der Waals surface area contributed by atoms with Crippen LogP contribution >= 0.6 is 11.8 Å². The molecule has 2 unspecified atom stereocenters. The van der Waals surface area contributed by atoms with E-state index in [0.29, 0.717) is 6.04 Å². The van der Waals surface area contributed by atoms with Crippen molar-refractivity contribution >= 4 is 11.8 Å². The van der Waals surface area contributed by atoms with Crippen molar-refractivity contribution < 1.29 is 0 Å². The predicted molar refractivity (Wildman–Crippen MR) is 70.8 cm³/mol. The van der Waals surface area contributed by atoms with Crippen molar-refractivity contribution in [3.63, 3.8) is 0 Å². The molecule has 3 heteroatoms. The Morgan fingerprint density at radius 2 is 2.31 bits per heavy atom. The van der Waals surface area contributed by atoms with Crippen molar-refractivity contribution in [3.05, 3.63) is 30.1 Å². The van der Waals surface area contributed by atoms with E-state index in [9.17, 15) is 0 Å². The van der Waals surface area contributed by atoms with Crippen molar-refractivity contribution in [2.24, 2.45) is 5.92 Å². The fourth-order valence-electron chi connectivity index (χ4n) is 2.31. The average molecular weight is 236 g/mol. The van der Waals surface area contributed by atoms with Crippen molar-refractivity contribution in [1.82, 2.24) is 10.3 Å². The largest absolute Gasteiger partial charge is 0.314 e. The highest BCUT2D eigenvalue weighted by Crippen LogP contribution is 2.27. The smallest absolute Gasteiger partial charge is 0.0270 e. The van der Waals surface area contributed by atoms with Gasteiger partial charge in [-0.15, -0.1) is 0 Å². The molecule has 2 heterocycles. The third-order valence-electron chi connectivity index (χ3n) is 3.21. The standard InChI is InChI=1S/C13H20N2S/c1-2-15-13(12-5-8-16-10-12)9-11-3-6-14-7-4-11/h3-4,6-7,12-13,15H,2,5,8-10H2,1H3. The highest BCUT2D eigenvalue weighted by molar-refractivity contribution is 7.99. The molecule has 1 aromatic heterocycles. The van der Waals surface area contributed by atoms with Crippen LogP contribution in [0.5, 0.6) is 0 Å². The maximum atomic E-state index is 4.07. The maximum absolute atomic E-state index is 4.07. The molecule has 0 saturated carbocycles. The fourth-order valence-corrected chi connectivity index (χ4v) is 3.65. The third kappa shape index (κ3) is 3.22. The summed E-state index contributed by atoms with van der Waals surface area (Å²) in [4.78, 5) is 4.07. The Morgan fingerprint density at radius 1 is 1.50 bits per heavy atom. The van der Waals surface area contributed by atoms with Gasteiger partial charge in [-0.1, -0.05) is 6.92 Å². The van der Waals surface area contributed by atoms with Crippen LogP contribution in [0.15, 0.2) is 24.5 Å². The molecule has 0 bridgehead atoms. The molecule has 88 valence electrons. The first-order valence-corrected chi connectivity index (χ1v) is 7.25. The number of nitrogens with one attached hydrogen (secondary N) is 1. The lowest BCUT2D eigenvalue weighted by Crippen LogP contribution is -2.38. The lowest BCUT2D eigenvalue weighted by molar-refractivity contribution is 0.387. The molecule has 0 radical (unpaired) electrons. The molecule has 0 spiro atoms. The van der Waals surface area contributed by atoms with Gasteiger partial charge in [0, 0.05) is 18.4 Å². The minimum atomic E-state index is 0.641. The Hall–Kier alpha value is -0.540. The molecule has 0 aromatic carbocycles. The molecule has 2 atom stereocenters. The van der Waals surface area contributed by atoms with E-state index in [1.807, 2.05) is 12.4 Å². The molecule has 0 amide bonds. The van der Waals surface area contributed by atoms with E-state index in [1.54, 1.807) is 0 Å². The fraction of sp³-hybridized carbons (Fsp3) is 0.615. The van der Waals surface area contributed by atoms with Crippen LogP contribution < -0.4 is 5.32 Å². The minimum Gasteiger partial charge on any atom is -0.314 e. The number of aromatic nitrogens is 1. The Morgan fingerprint density at radius 3 is 2.94 bits per heavy atom.